The van der Waals surface area contributed by atoms with E-state index >= 15 is 0 Å². The van der Waals surface area contributed by atoms with Crippen molar-refractivity contribution in [3.63, 3.8) is 0 Å². The van der Waals surface area contributed by atoms with Gasteiger partial charge in [0, 0.05) is 16.1 Å². The van der Waals surface area contributed by atoms with Crippen molar-refractivity contribution in [3.05, 3.63) is 71.9 Å². The summed E-state index contributed by atoms with van der Waals surface area (Å²) in [7, 11) is 0. The minimum absolute atomic E-state index is 0.259. The molecule has 0 aliphatic carbocycles. The molecule has 204 valence electrons. The number of ether oxygens (including phenoxy) is 2. The molecular formula is C31H32ClNO6. The quantitative estimate of drug-likeness (QED) is 0.103. The van der Waals surface area contributed by atoms with Crippen LogP contribution in [0.5, 0.6) is 5.75 Å². The number of carboxylic acids is 1. The molecule has 0 radical (unpaired) electrons. The lowest BCUT2D eigenvalue weighted by Crippen LogP contribution is -2.28. The molecule has 0 bridgehead atoms. The highest BCUT2D eigenvalue weighted by Crippen LogP contribution is 2.29. The van der Waals surface area contributed by atoms with E-state index in [1.165, 1.54) is 0 Å². The van der Waals surface area contributed by atoms with Gasteiger partial charge in [0.15, 0.2) is 5.92 Å². The number of rotatable bonds is 13. The summed E-state index contributed by atoms with van der Waals surface area (Å²) in [6.07, 6.45) is 4.38. The molecule has 1 N–H and O–H groups in total. The Morgan fingerprint density at radius 2 is 1.69 bits per heavy atom. The van der Waals surface area contributed by atoms with Crippen LogP contribution in [0.2, 0.25) is 5.02 Å². The van der Waals surface area contributed by atoms with Crippen LogP contribution >= 0.6 is 11.6 Å². The molecule has 0 spiro atoms. The van der Waals surface area contributed by atoms with Crippen LogP contribution in [0.3, 0.4) is 0 Å². The van der Waals surface area contributed by atoms with Gasteiger partial charge in [0.05, 0.1) is 12.7 Å². The Balaban J connectivity index is 1.27. The number of carboxylic acid groups (broad SMARTS) is 1. The monoisotopic (exact) mass is 549 g/mol. The highest BCUT2D eigenvalue weighted by Gasteiger charge is 2.28. The number of aromatic nitrogens is 1. The number of hydrogen-bond acceptors (Lipinski definition) is 6. The normalized spacial score (nSPS) is 12.7. The van der Waals surface area contributed by atoms with Crippen molar-refractivity contribution in [1.82, 2.24) is 4.98 Å². The van der Waals surface area contributed by atoms with Crippen LogP contribution in [-0.4, -0.2) is 34.7 Å². The molecule has 3 aromatic carbocycles. The summed E-state index contributed by atoms with van der Waals surface area (Å²) in [4.78, 5) is 28.2. The smallest absolute Gasteiger partial charge is 0.320 e. The lowest BCUT2D eigenvalue weighted by Gasteiger charge is -2.15. The molecular weight excluding hydrogens is 518 g/mol. The predicted molar refractivity (Wildman–Crippen MR) is 151 cm³/mol. The molecule has 0 amide bonds. The van der Waals surface area contributed by atoms with Crippen LogP contribution < -0.4 is 4.74 Å². The molecule has 2 atom stereocenters. The number of unbranched alkanes of at least 4 members (excludes halogenated alkanes) is 2. The van der Waals surface area contributed by atoms with Crippen molar-refractivity contribution in [3.8, 4) is 28.5 Å². The van der Waals surface area contributed by atoms with E-state index in [1.807, 2.05) is 67.6 Å². The number of nitrogens with zero attached hydrogens (tertiary/aromatic N) is 1. The maximum Gasteiger partial charge on any atom is 0.320 e. The minimum atomic E-state index is -1.14. The zero-order valence-electron chi connectivity index (χ0n) is 22.1. The van der Waals surface area contributed by atoms with Crippen molar-refractivity contribution < 1.29 is 28.6 Å². The Labute approximate surface area is 232 Å². The first-order valence-electron chi connectivity index (χ1n) is 13.2. The van der Waals surface area contributed by atoms with E-state index in [0.29, 0.717) is 30.4 Å². The van der Waals surface area contributed by atoms with Crippen LogP contribution in [-0.2, 0) is 14.3 Å². The fraction of sp³-hybridized carbons (Fsp3) is 0.323. The van der Waals surface area contributed by atoms with Gasteiger partial charge in [-0.05, 0) is 73.4 Å². The molecule has 1 heterocycles. The van der Waals surface area contributed by atoms with Crippen molar-refractivity contribution in [2.24, 2.45) is 5.92 Å². The number of esters is 1. The van der Waals surface area contributed by atoms with Crippen LogP contribution in [0.1, 0.15) is 46.0 Å². The number of halogens is 1. The number of hydrogen-bond donors (Lipinski definition) is 1. The average Bonchev–Trinajstić information content (AvgIpc) is 3.42. The predicted octanol–water partition coefficient (Wildman–Crippen LogP) is 7.80. The average molecular weight is 550 g/mol. The first kappa shape index (κ1) is 28.2. The second-order valence-corrected chi connectivity index (χ2v) is 9.95. The molecule has 7 nitrogen and oxygen atoms in total. The Morgan fingerprint density at radius 1 is 0.974 bits per heavy atom. The third-order valence-electron chi connectivity index (χ3n) is 6.58. The van der Waals surface area contributed by atoms with Crippen molar-refractivity contribution in [1.29, 1.82) is 0 Å². The minimum Gasteiger partial charge on any atom is -0.494 e. The van der Waals surface area contributed by atoms with Crippen LogP contribution in [0.15, 0.2) is 71.3 Å². The maximum absolute atomic E-state index is 12.1. The van der Waals surface area contributed by atoms with Gasteiger partial charge < -0.3 is 19.0 Å². The van der Waals surface area contributed by atoms with Crippen molar-refractivity contribution in [2.75, 3.05) is 6.61 Å². The fourth-order valence-corrected chi connectivity index (χ4v) is 4.26. The number of benzene rings is 3. The number of fused-ring (bicyclic) bond motifs is 1. The molecule has 0 aliphatic heterocycles. The Hall–Kier alpha value is -3.84. The summed E-state index contributed by atoms with van der Waals surface area (Å²) in [6.45, 7) is 4.15. The zero-order chi connectivity index (χ0) is 27.8. The zero-order valence-corrected chi connectivity index (χ0v) is 22.8. The van der Waals surface area contributed by atoms with E-state index < -0.39 is 17.9 Å². The van der Waals surface area contributed by atoms with Crippen molar-refractivity contribution in [2.45, 2.75) is 52.1 Å². The van der Waals surface area contributed by atoms with Crippen LogP contribution in [0.25, 0.3) is 33.5 Å². The molecule has 0 fully saturated rings. The summed E-state index contributed by atoms with van der Waals surface area (Å²) in [5, 5.41) is 12.1. The summed E-state index contributed by atoms with van der Waals surface area (Å²) < 4.78 is 16.8. The molecule has 0 aliphatic rings. The molecule has 39 heavy (non-hydrogen) atoms. The number of carbonyl (C=O) groups excluding carboxylic acids is 1. The Kier molecular flexibility index (Phi) is 9.60. The van der Waals surface area contributed by atoms with Gasteiger partial charge in [-0.25, -0.2) is 4.98 Å². The topological polar surface area (TPSA) is 98.9 Å². The van der Waals surface area contributed by atoms with Crippen LogP contribution in [0.4, 0.5) is 0 Å². The second-order valence-electron chi connectivity index (χ2n) is 9.51. The lowest BCUT2D eigenvalue weighted by molar-refractivity contribution is -0.162. The van der Waals surface area contributed by atoms with Gasteiger partial charge in [-0.15, -0.1) is 0 Å². The van der Waals surface area contributed by atoms with E-state index in [1.54, 1.807) is 13.2 Å². The van der Waals surface area contributed by atoms with E-state index in [-0.39, 0.29) is 12.5 Å². The first-order chi connectivity index (χ1) is 18.8. The largest absolute Gasteiger partial charge is 0.494 e. The SMILES string of the molecule is CCC(C)OC(=O)C(CCCCCOc1ccc2cc(-c3nc(-c4ccc(Cl)cc4)co3)ccc2c1)C(=O)O. The molecule has 0 saturated heterocycles. The summed E-state index contributed by atoms with van der Waals surface area (Å²) >= 11 is 5.98. The number of carbonyl (C=O) groups is 2. The Bertz CT molecular complexity index is 1410. The van der Waals surface area contributed by atoms with Crippen molar-refractivity contribution >= 4 is 34.3 Å². The fourth-order valence-electron chi connectivity index (χ4n) is 4.13. The van der Waals surface area contributed by atoms with Gasteiger partial charge in [-0.1, -0.05) is 55.6 Å². The van der Waals surface area contributed by atoms with E-state index in [2.05, 4.69) is 4.98 Å². The molecule has 0 saturated carbocycles. The van der Waals surface area contributed by atoms with Gasteiger partial charge in [0.2, 0.25) is 5.89 Å². The number of oxazole rings is 1. The summed E-state index contributed by atoms with van der Waals surface area (Å²) in [5.41, 5.74) is 2.56. The van der Waals surface area contributed by atoms with Gasteiger partial charge in [-0.2, -0.15) is 0 Å². The third kappa shape index (κ3) is 7.60. The summed E-state index contributed by atoms with van der Waals surface area (Å²) in [6, 6.07) is 19.4. The summed E-state index contributed by atoms with van der Waals surface area (Å²) in [5.74, 6) is -1.61. The Morgan fingerprint density at radius 3 is 2.44 bits per heavy atom. The van der Waals surface area contributed by atoms with Gasteiger partial charge in [0.25, 0.3) is 0 Å². The molecule has 2 unspecified atom stereocenters. The van der Waals surface area contributed by atoms with Gasteiger partial charge in [0.1, 0.15) is 17.7 Å². The standard InChI is InChI=1S/C31H32ClNO6/c1-3-20(2)39-31(36)27(30(34)35)7-5-4-6-16-37-26-15-12-22-17-24(9-8-23(22)18-26)29-33-28(19-38-29)21-10-13-25(32)14-11-21/h8-15,17-20,27H,3-7,16H2,1-2H3,(H,34,35). The van der Waals surface area contributed by atoms with E-state index in [9.17, 15) is 14.7 Å². The van der Waals surface area contributed by atoms with E-state index in [0.717, 1.165) is 46.2 Å². The van der Waals surface area contributed by atoms with Gasteiger partial charge in [-0.3, -0.25) is 9.59 Å². The highest BCUT2D eigenvalue weighted by molar-refractivity contribution is 6.30. The van der Waals surface area contributed by atoms with Crippen LogP contribution in [0, 0.1) is 5.92 Å². The highest BCUT2D eigenvalue weighted by atomic mass is 35.5. The van der Waals surface area contributed by atoms with E-state index in [4.69, 9.17) is 25.5 Å². The maximum atomic E-state index is 12.1. The van der Waals surface area contributed by atoms with Gasteiger partial charge >= 0.3 is 11.9 Å². The lowest BCUT2D eigenvalue weighted by atomic mass is 10.0. The molecule has 8 heteroatoms. The second kappa shape index (κ2) is 13.3. The third-order valence-corrected chi connectivity index (χ3v) is 6.84. The molecule has 4 rings (SSSR count). The molecule has 4 aromatic rings. The number of aliphatic carboxylic acids is 1. The molecule has 1 aromatic heterocycles. The first-order valence-corrected chi connectivity index (χ1v) is 13.5.